The molecule has 0 aromatic rings. The maximum atomic E-state index is 11.3. The van der Waals surface area contributed by atoms with Crippen molar-refractivity contribution >= 4 is 5.91 Å². The van der Waals surface area contributed by atoms with E-state index in [1.807, 2.05) is 21.0 Å². The van der Waals surface area contributed by atoms with Gasteiger partial charge in [-0.25, -0.2) is 0 Å². The molecule has 0 bridgehead atoms. The highest BCUT2D eigenvalue weighted by Gasteiger charge is 2.47. The molecule has 98 valence electrons. The fraction of sp³-hybridized carbons (Fsp3) is 0.769. The molecule has 1 heterocycles. The number of hydrogen-bond donors (Lipinski definition) is 3. The molecule has 2 rings (SSSR count). The van der Waals surface area contributed by atoms with Crippen molar-refractivity contribution in [2.45, 2.75) is 38.6 Å². The van der Waals surface area contributed by atoms with Crippen molar-refractivity contribution in [3.05, 3.63) is 12.3 Å². The summed E-state index contributed by atoms with van der Waals surface area (Å²) in [6.07, 6.45) is 4.46. The molecule has 1 aliphatic carbocycles. The van der Waals surface area contributed by atoms with Crippen LogP contribution in [0.2, 0.25) is 0 Å². The molecule has 0 atom stereocenters. The number of carbonyl (C=O) groups excluding carboxylic acids is 1. The molecule has 1 spiro atoms. The Kier molecular flexibility index (Phi) is 5.00. The van der Waals surface area contributed by atoms with Gasteiger partial charge in [0, 0.05) is 19.6 Å². The fourth-order valence-electron chi connectivity index (χ4n) is 2.27. The van der Waals surface area contributed by atoms with Gasteiger partial charge in [0.05, 0.1) is 5.41 Å². The van der Waals surface area contributed by atoms with Gasteiger partial charge in [-0.05, 0) is 45.4 Å². The summed E-state index contributed by atoms with van der Waals surface area (Å²) in [7, 11) is 3.85. The molecule has 2 aliphatic rings. The van der Waals surface area contributed by atoms with Crippen molar-refractivity contribution in [3.8, 4) is 0 Å². The van der Waals surface area contributed by atoms with Gasteiger partial charge in [0.2, 0.25) is 5.91 Å². The number of β-lactam (4-membered cyclic amide) rings is 1. The zero-order valence-corrected chi connectivity index (χ0v) is 11.2. The van der Waals surface area contributed by atoms with Crippen molar-refractivity contribution in [1.29, 1.82) is 0 Å². The van der Waals surface area contributed by atoms with E-state index in [-0.39, 0.29) is 11.3 Å². The van der Waals surface area contributed by atoms with Crippen molar-refractivity contribution in [2.24, 2.45) is 5.41 Å². The van der Waals surface area contributed by atoms with E-state index in [0.717, 1.165) is 37.9 Å². The largest absolute Gasteiger partial charge is 0.392 e. The summed E-state index contributed by atoms with van der Waals surface area (Å²) in [6, 6.07) is 0.643. The standard InChI is InChI=1S/C9H16N2O.C4H9N/c1-10-7-2-4-9(5-3-7)6-11-8(9)12;1-4(2)5-3/h7,10H,2-6H2,1H3,(H,11,12);5H,1H2,2-3H3. The van der Waals surface area contributed by atoms with Gasteiger partial charge in [-0.3, -0.25) is 4.79 Å². The maximum Gasteiger partial charge on any atom is 0.228 e. The van der Waals surface area contributed by atoms with E-state index in [9.17, 15) is 4.79 Å². The van der Waals surface area contributed by atoms with Gasteiger partial charge in [0.1, 0.15) is 0 Å². The van der Waals surface area contributed by atoms with Gasteiger partial charge < -0.3 is 16.0 Å². The summed E-state index contributed by atoms with van der Waals surface area (Å²) in [6.45, 7) is 6.40. The molecule has 2 fully saturated rings. The molecule has 0 aromatic carbocycles. The van der Waals surface area contributed by atoms with E-state index in [1.54, 1.807) is 0 Å². The summed E-state index contributed by atoms with van der Waals surface area (Å²) < 4.78 is 0. The molecular weight excluding hydrogens is 214 g/mol. The quantitative estimate of drug-likeness (QED) is 0.630. The minimum Gasteiger partial charge on any atom is -0.392 e. The number of amides is 1. The number of allylic oxidation sites excluding steroid dienone is 1. The number of nitrogens with one attached hydrogen (secondary N) is 3. The van der Waals surface area contributed by atoms with Crippen LogP contribution in [0.1, 0.15) is 32.6 Å². The Labute approximate surface area is 104 Å². The summed E-state index contributed by atoms with van der Waals surface area (Å²) in [5.74, 6) is 0.289. The summed E-state index contributed by atoms with van der Waals surface area (Å²) >= 11 is 0. The lowest BCUT2D eigenvalue weighted by atomic mass is 9.68. The van der Waals surface area contributed by atoms with Crippen molar-refractivity contribution in [1.82, 2.24) is 16.0 Å². The van der Waals surface area contributed by atoms with Crippen molar-refractivity contribution in [2.75, 3.05) is 20.6 Å². The Morgan fingerprint density at radius 2 is 1.94 bits per heavy atom. The zero-order valence-electron chi connectivity index (χ0n) is 11.2. The van der Waals surface area contributed by atoms with Crippen LogP contribution in [-0.4, -0.2) is 32.6 Å². The first kappa shape index (κ1) is 14.0. The van der Waals surface area contributed by atoms with Gasteiger partial charge in [-0.15, -0.1) is 0 Å². The Bertz CT molecular complexity index is 280. The minimum atomic E-state index is 0.0490. The van der Waals surface area contributed by atoms with E-state index >= 15 is 0 Å². The lowest BCUT2D eigenvalue weighted by Gasteiger charge is -2.45. The topological polar surface area (TPSA) is 53.2 Å². The van der Waals surface area contributed by atoms with Crippen LogP contribution in [0.25, 0.3) is 0 Å². The summed E-state index contributed by atoms with van der Waals surface area (Å²) in [4.78, 5) is 11.3. The molecule has 0 radical (unpaired) electrons. The molecule has 1 aliphatic heterocycles. The molecule has 0 unspecified atom stereocenters. The highest BCUT2D eigenvalue weighted by Crippen LogP contribution is 2.40. The highest BCUT2D eigenvalue weighted by atomic mass is 16.2. The van der Waals surface area contributed by atoms with E-state index in [2.05, 4.69) is 22.5 Å². The highest BCUT2D eigenvalue weighted by molar-refractivity contribution is 5.88. The van der Waals surface area contributed by atoms with Crippen molar-refractivity contribution in [3.63, 3.8) is 0 Å². The molecular formula is C13H25N3O. The van der Waals surface area contributed by atoms with Crippen LogP contribution in [0.15, 0.2) is 12.3 Å². The molecule has 3 N–H and O–H groups in total. The van der Waals surface area contributed by atoms with E-state index in [1.165, 1.54) is 0 Å². The van der Waals surface area contributed by atoms with E-state index < -0.39 is 0 Å². The predicted octanol–water partition coefficient (Wildman–Crippen LogP) is 1.00. The van der Waals surface area contributed by atoms with Gasteiger partial charge in [-0.1, -0.05) is 6.58 Å². The third kappa shape index (κ3) is 3.46. The van der Waals surface area contributed by atoms with Gasteiger partial charge in [0.25, 0.3) is 0 Å². The van der Waals surface area contributed by atoms with Gasteiger partial charge in [-0.2, -0.15) is 0 Å². The lowest BCUT2D eigenvalue weighted by molar-refractivity contribution is -0.142. The lowest BCUT2D eigenvalue weighted by Crippen LogP contribution is -2.61. The Hall–Kier alpha value is -1.03. The summed E-state index contributed by atoms with van der Waals surface area (Å²) in [5.41, 5.74) is 1.05. The third-order valence-electron chi connectivity index (χ3n) is 3.85. The van der Waals surface area contributed by atoms with Crippen LogP contribution < -0.4 is 16.0 Å². The first-order chi connectivity index (χ1) is 8.04. The number of rotatable bonds is 2. The van der Waals surface area contributed by atoms with E-state index in [0.29, 0.717) is 6.04 Å². The molecule has 1 saturated heterocycles. The second kappa shape index (κ2) is 6.05. The second-order valence-corrected chi connectivity index (χ2v) is 5.06. The van der Waals surface area contributed by atoms with E-state index in [4.69, 9.17) is 0 Å². The predicted molar refractivity (Wildman–Crippen MR) is 70.6 cm³/mol. The van der Waals surface area contributed by atoms with Crippen LogP contribution in [0, 0.1) is 5.41 Å². The van der Waals surface area contributed by atoms with Crippen LogP contribution >= 0.6 is 0 Å². The van der Waals surface area contributed by atoms with Crippen molar-refractivity contribution < 1.29 is 4.79 Å². The monoisotopic (exact) mass is 239 g/mol. The van der Waals surface area contributed by atoms with Gasteiger partial charge in [0.15, 0.2) is 0 Å². The first-order valence-electron chi connectivity index (χ1n) is 6.33. The minimum absolute atomic E-state index is 0.0490. The molecule has 0 aromatic heterocycles. The summed E-state index contributed by atoms with van der Waals surface area (Å²) in [5, 5.41) is 8.95. The Balaban J connectivity index is 0.000000249. The SMILES string of the molecule is C=C(C)NC.CNC1CCC2(CC1)CNC2=O. The average Bonchev–Trinajstić information content (AvgIpc) is 2.37. The maximum absolute atomic E-state index is 11.3. The fourth-order valence-corrected chi connectivity index (χ4v) is 2.27. The normalized spacial score (nSPS) is 30.8. The Morgan fingerprint density at radius 3 is 2.18 bits per heavy atom. The van der Waals surface area contributed by atoms with Crippen LogP contribution in [0.4, 0.5) is 0 Å². The molecule has 1 amide bonds. The smallest absolute Gasteiger partial charge is 0.228 e. The van der Waals surface area contributed by atoms with Crippen LogP contribution in [0.3, 0.4) is 0 Å². The molecule has 4 heteroatoms. The number of hydrogen-bond acceptors (Lipinski definition) is 3. The third-order valence-corrected chi connectivity index (χ3v) is 3.85. The molecule has 1 saturated carbocycles. The second-order valence-electron chi connectivity index (χ2n) is 5.06. The molecule has 4 nitrogen and oxygen atoms in total. The zero-order chi connectivity index (χ0) is 12.9. The van der Waals surface area contributed by atoms with Crippen LogP contribution in [-0.2, 0) is 4.79 Å². The van der Waals surface area contributed by atoms with Gasteiger partial charge >= 0.3 is 0 Å². The number of carbonyl (C=O) groups is 1. The molecule has 17 heavy (non-hydrogen) atoms. The van der Waals surface area contributed by atoms with Crippen LogP contribution in [0.5, 0.6) is 0 Å². The Morgan fingerprint density at radius 1 is 1.41 bits per heavy atom. The first-order valence-corrected chi connectivity index (χ1v) is 6.33. The average molecular weight is 239 g/mol.